The third kappa shape index (κ3) is 3.68. The number of methoxy groups -OCH3 is 1. The molecule has 21 heavy (non-hydrogen) atoms. The molecule has 0 aromatic carbocycles. The van der Waals surface area contributed by atoms with Crippen LogP contribution in [0.1, 0.15) is 28.4 Å². The molecule has 0 aliphatic carbocycles. The van der Waals surface area contributed by atoms with Crippen LogP contribution < -0.4 is 15.8 Å². The van der Waals surface area contributed by atoms with E-state index >= 15 is 0 Å². The molecule has 2 aromatic heterocycles. The third-order valence-corrected chi connectivity index (χ3v) is 4.63. The van der Waals surface area contributed by atoms with Gasteiger partial charge in [0.25, 0.3) is 0 Å². The average Bonchev–Trinajstić information content (AvgIpc) is 3.06. The largest absolute Gasteiger partial charge is 0.486 e. The van der Waals surface area contributed by atoms with E-state index in [2.05, 4.69) is 5.32 Å². The van der Waals surface area contributed by atoms with Crippen molar-refractivity contribution in [2.75, 3.05) is 18.2 Å². The van der Waals surface area contributed by atoms with Crippen LogP contribution >= 0.6 is 22.7 Å². The lowest BCUT2D eigenvalue weighted by molar-refractivity contribution is 0.0607. The lowest BCUT2D eigenvalue weighted by Gasteiger charge is -2.12. The Morgan fingerprint density at radius 3 is 2.81 bits per heavy atom. The minimum atomic E-state index is -0.449. The first-order chi connectivity index (χ1) is 10.0. The van der Waals surface area contributed by atoms with Crippen molar-refractivity contribution in [3.05, 3.63) is 27.3 Å². The molecule has 0 unspecified atom stereocenters. The Hall–Kier alpha value is -1.73. The molecule has 0 amide bonds. The first-order valence-electron chi connectivity index (χ1n) is 6.46. The van der Waals surface area contributed by atoms with Gasteiger partial charge in [0.2, 0.25) is 0 Å². The number of nitrogen functional groups attached to an aromatic ring is 1. The van der Waals surface area contributed by atoms with Gasteiger partial charge in [-0.25, -0.2) is 4.79 Å². The molecule has 0 spiro atoms. The minimum absolute atomic E-state index is 0.0327. The van der Waals surface area contributed by atoms with E-state index in [0.717, 1.165) is 5.00 Å². The number of esters is 1. The molecule has 0 atom stereocenters. The Kier molecular flexibility index (Phi) is 5.08. The van der Waals surface area contributed by atoms with Gasteiger partial charge in [0.1, 0.15) is 15.6 Å². The molecule has 3 N–H and O–H groups in total. The third-order valence-electron chi connectivity index (χ3n) is 2.63. The number of hydrogen-bond acceptors (Lipinski definition) is 7. The molecule has 0 aliphatic rings. The lowest BCUT2D eigenvalue weighted by atomic mass is 10.3. The molecule has 114 valence electrons. The Morgan fingerprint density at radius 2 is 2.24 bits per heavy atom. The monoisotopic (exact) mass is 326 g/mol. The summed E-state index contributed by atoms with van der Waals surface area (Å²) in [5.41, 5.74) is 6.35. The van der Waals surface area contributed by atoms with Gasteiger partial charge in [-0.3, -0.25) is 0 Å². The van der Waals surface area contributed by atoms with Crippen LogP contribution in [0.2, 0.25) is 0 Å². The summed E-state index contributed by atoms with van der Waals surface area (Å²) in [6.07, 6.45) is -0.0327. The average molecular weight is 326 g/mol. The molecular formula is C14H18N2O3S2. The van der Waals surface area contributed by atoms with Gasteiger partial charge in [-0.05, 0) is 25.3 Å². The number of hydrogen-bond donors (Lipinski definition) is 2. The van der Waals surface area contributed by atoms with Crippen LogP contribution in [0.5, 0.6) is 5.75 Å². The van der Waals surface area contributed by atoms with Crippen molar-refractivity contribution in [2.45, 2.75) is 26.5 Å². The molecule has 2 aromatic rings. The smallest absolute Gasteiger partial charge is 0.350 e. The van der Waals surface area contributed by atoms with Crippen LogP contribution in [0.4, 0.5) is 10.7 Å². The normalized spacial score (nSPS) is 10.7. The highest BCUT2D eigenvalue weighted by molar-refractivity contribution is 7.19. The Morgan fingerprint density at radius 1 is 1.48 bits per heavy atom. The Balaban J connectivity index is 2.26. The summed E-state index contributed by atoms with van der Waals surface area (Å²) in [6.45, 7) is 4.49. The zero-order valence-electron chi connectivity index (χ0n) is 12.1. The highest BCUT2D eigenvalue weighted by Crippen LogP contribution is 2.43. The maximum Gasteiger partial charge on any atom is 0.350 e. The SMILES string of the molecule is COC(=O)c1sc(NCc2cccs2)c(OC(C)C)c1N. The van der Waals surface area contributed by atoms with Crippen LogP contribution in [0, 0.1) is 0 Å². The van der Waals surface area contributed by atoms with E-state index < -0.39 is 5.97 Å². The van der Waals surface area contributed by atoms with Crippen molar-refractivity contribution in [3.63, 3.8) is 0 Å². The van der Waals surface area contributed by atoms with Crippen LogP contribution in [-0.2, 0) is 11.3 Å². The molecule has 0 radical (unpaired) electrons. The summed E-state index contributed by atoms with van der Waals surface area (Å²) in [4.78, 5) is 13.3. The van der Waals surface area contributed by atoms with Gasteiger partial charge in [0.05, 0.1) is 19.8 Å². The summed E-state index contributed by atoms with van der Waals surface area (Å²) in [5, 5.41) is 6.04. The number of rotatable bonds is 6. The number of nitrogens with one attached hydrogen (secondary N) is 1. The van der Waals surface area contributed by atoms with Crippen molar-refractivity contribution in [1.29, 1.82) is 0 Å². The number of thiophene rings is 2. The summed E-state index contributed by atoms with van der Waals surface area (Å²) in [5.74, 6) is 0.0715. The van der Waals surface area contributed by atoms with Gasteiger partial charge in [0, 0.05) is 4.88 Å². The Bertz CT molecular complexity index is 606. The molecule has 0 bridgehead atoms. The fourth-order valence-corrected chi connectivity index (χ4v) is 3.34. The highest BCUT2D eigenvalue weighted by Gasteiger charge is 2.23. The van der Waals surface area contributed by atoms with Gasteiger partial charge >= 0.3 is 5.97 Å². The van der Waals surface area contributed by atoms with E-state index in [-0.39, 0.29) is 6.10 Å². The van der Waals surface area contributed by atoms with Crippen molar-refractivity contribution in [3.8, 4) is 5.75 Å². The zero-order valence-corrected chi connectivity index (χ0v) is 13.8. The van der Waals surface area contributed by atoms with Crippen LogP contribution in [-0.4, -0.2) is 19.2 Å². The number of carbonyl (C=O) groups is 1. The highest BCUT2D eigenvalue weighted by atomic mass is 32.1. The quantitative estimate of drug-likeness (QED) is 0.794. The number of ether oxygens (including phenoxy) is 2. The van der Waals surface area contributed by atoms with Gasteiger partial charge < -0.3 is 20.5 Å². The maximum absolute atomic E-state index is 11.7. The van der Waals surface area contributed by atoms with Crippen LogP contribution in [0.15, 0.2) is 17.5 Å². The van der Waals surface area contributed by atoms with E-state index in [4.69, 9.17) is 15.2 Å². The number of nitrogens with two attached hydrogens (primary N) is 1. The maximum atomic E-state index is 11.7. The topological polar surface area (TPSA) is 73.6 Å². The first-order valence-corrected chi connectivity index (χ1v) is 8.16. The first kappa shape index (κ1) is 15.7. The molecule has 5 nitrogen and oxygen atoms in total. The summed E-state index contributed by atoms with van der Waals surface area (Å²) in [7, 11) is 1.34. The summed E-state index contributed by atoms with van der Waals surface area (Å²) < 4.78 is 10.5. The zero-order chi connectivity index (χ0) is 15.4. The molecule has 0 saturated heterocycles. The van der Waals surface area contributed by atoms with Gasteiger partial charge in [-0.15, -0.1) is 22.7 Å². The van der Waals surface area contributed by atoms with Crippen molar-refractivity contribution in [2.24, 2.45) is 0 Å². The molecule has 2 heterocycles. The minimum Gasteiger partial charge on any atom is -0.486 e. The molecule has 7 heteroatoms. The van der Waals surface area contributed by atoms with Crippen LogP contribution in [0.3, 0.4) is 0 Å². The Labute approximate surface area is 131 Å². The molecule has 0 fully saturated rings. The lowest BCUT2D eigenvalue weighted by Crippen LogP contribution is -2.09. The second kappa shape index (κ2) is 6.82. The second-order valence-corrected chi connectivity index (χ2v) is 6.65. The van der Waals surface area contributed by atoms with Gasteiger partial charge in [-0.2, -0.15) is 0 Å². The van der Waals surface area contributed by atoms with Gasteiger partial charge in [-0.1, -0.05) is 6.07 Å². The number of carbonyl (C=O) groups excluding carboxylic acids is 1. The van der Waals surface area contributed by atoms with E-state index in [1.807, 2.05) is 31.4 Å². The molecular weight excluding hydrogens is 308 g/mol. The van der Waals surface area contributed by atoms with Crippen LogP contribution in [0.25, 0.3) is 0 Å². The number of anilines is 2. The standard InChI is InChI=1S/C14H18N2O3S2/c1-8(2)19-11-10(15)12(14(17)18-3)21-13(11)16-7-9-5-4-6-20-9/h4-6,8,16H,7,15H2,1-3H3. The van der Waals surface area contributed by atoms with E-state index in [1.165, 1.54) is 23.3 Å². The molecule has 0 saturated carbocycles. The van der Waals surface area contributed by atoms with Crippen molar-refractivity contribution < 1.29 is 14.3 Å². The van der Waals surface area contributed by atoms with E-state index in [9.17, 15) is 4.79 Å². The molecule has 0 aliphatic heterocycles. The van der Waals surface area contributed by atoms with E-state index in [0.29, 0.717) is 22.9 Å². The predicted molar refractivity (Wildman–Crippen MR) is 87.5 cm³/mol. The molecule has 2 rings (SSSR count). The summed E-state index contributed by atoms with van der Waals surface area (Å²) in [6, 6.07) is 4.04. The van der Waals surface area contributed by atoms with Gasteiger partial charge in [0.15, 0.2) is 5.75 Å². The van der Waals surface area contributed by atoms with Crippen molar-refractivity contribution in [1.82, 2.24) is 0 Å². The predicted octanol–water partition coefficient (Wildman–Crippen LogP) is 3.58. The summed E-state index contributed by atoms with van der Waals surface area (Å²) >= 11 is 2.91. The van der Waals surface area contributed by atoms with Crippen molar-refractivity contribution >= 4 is 39.3 Å². The fourth-order valence-electron chi connectivity index (χ4n) is 1.72. The fraction of sp³-hybridized carbons (Fsp3) is 0.357. The second-order valence-electron chi connectivity index (χ2n) is 4.59. The van der Waals surface area contributed by atoms with E-state index in [1.54, 1.807) is 11.3 Å².